The van der Waals surface area contributed by atoms with Crippen LogP contribution in [-0.4, -0.2) is 27.3 Å². The Morgan fingerprint density at radius 2 is 2.15 bits per heavy atom. The predicted molar refractivity (Wildman–Crippen MR) is 104 cm³/mol. The first-order chi connectivity index (χ1) is 13.1. The lowest BCUT2D eigenvalue weighted by Crippen LogP contribution is -2.29. The van der Waals surface area contributed by atoms with Gasteiger partial charge in [0.15, 0.2) is 5.69 Å². The molecule has 1 atom stereocenters. The lowest BCUT2D eigenvalue weighted by atomic mass is 9.95. The molecule has 4 rings (SSSR count). The van der Waals surface area contributed by atoms with Crippen molar-refractivity contribution in [2.24, 2.45) is 0 Å². The zero-order chi connectivity index (χ0) is 18.8. The van der Waals surface area contributed by atoms with Gasteiger partial charge in [0.05, 0.1) is 18.5 Å². The van der Waals surface area contributed by atoms with Crippen LogP contribution in [0.25, 0.3) is 5.69 Å². The highest BCUT2D eigenvalue weighted by molar-refractivity contribution is 9.10. The zero-order valence-electron chi connectivity index (χ0n) is 14.7. The Kier molecular flexibility index (Phi) is 5.13. The molecule has 1 aliphatic rings. The molecule has 1 amide bonds. The van der Waals surface area contributed by atoms with Crippen LogP contribution in [0.3, 0.4) is 0 Å². The summed E-state index contributed by atoms with van der Waals surface area (Å²) in [7, 11) is 0. The van der Waals surface area contributed by atoms with E-state index in [4.69, 9.17) is 4.42 Å². The highest BCUT2D eigenvalue weighted by Crippen LogP contribution is 2.28. The number of carbonyl (C=O) groups excluding carboxylic acids is 1. The standard InChI is InChI=1S/C20H20BrN3O3/c21-13-5-3-6-14(11-13)24-16-8-2-1-7-15(16)19(23-24)20(26)22-12-17(25)18-9-4-10-27-18/h3-6,9-11,17,25H,1-2,7-8,12H2,(H,22,26). The van der Waals surface area contributed by atoms with Gasteiger partial charge in [-0.2, -0.15) is 5.10 Å². The fourth-order valence-corrected chi connectivity index (χ4v) is 3.84. The van der Waals surface area contributed by atoms with Crippen LogP contribution >= 0.6 is 15.9 Å². The quantitative estimate of drug-likeness (QED) is 0.649. The largest absolute Gasteiger partial charge is 0.467 e. The van der Waals surface area contributed by atoms with Crippen LogP contribution in [0.5, 0.6) is 0 Å². The van der Waals surface area contributed by atoms with Crippen molar-refractivity contribution in [2.75, 3.05) is 6.54 Å². The molecule has 1 unspecified atom stereocenters. The summed E-state index contributed by atoms with van der Waals surface area (Å²) < 4.78 is 8.01. The molecule has 140 valence electrons. The van der Waals surface area contributed by atoms with E-state index in [1.165, 1.54) is 6.26 Å². The number of halogens is 1. The number of amides is 1. The van der Waals surface area contributed by atoms with Gasteiger partial charge < -0.3 is 14.8 Å². The second-order valence-corrected chi connectivity index (χ2v) is 7.53. The number of fused-ring (bicyclic) bond motifs is 1. The van der Waals surface area contributed by atoms with Crippen molar-refractivity contribution in [3.8, 4) is 5.69 Å². The van der Waals surface area contributed by atoms with Crippen molar-refractivity contribution < 1.29 is 14.3 Å². The highest BCUT2D eigenvalue weighted by atomic mass is 79.9. The van der Waals surface area contributed by atoms with E-state index in [9.17, 15) is 9.90 Å². The first-order valence-corrected chi connectivity index (χ1v) is 9.79. The van der Waals surface area contributed by atoms with Crippen molar-refractivity contribution in [2.45, 2.75) is 31.8 Å². The van der Waals surface area contributed by atoms with Crippen LogP contribution in [-0.2, 0) is 12.8 Å². The SMILES string of the molecule is O=C(NCC(O)c1ccco1)c1nn(-c2cccc(Br)c2)c2c1CCCC2. The van der Waals surface area contributed by atoms with Crippen LogP contribution in [0, 0.1) is 0 Å². The first kappa shape index (κ1) is 18.0. The Hall–Kier alpha value is -2.38. The van der Waals surface area contributed by atoms with E-state index in [0.717, 1.165) is 47.1 Å². The van der Waals surface area contributed by atoms with Gasteiger partial charge in [-0.1, -0.05) is 22.0 Å². The monoisotopic (exact) mass is 429 g/mol. The first-order valence-electron chi connectivity index (χ1n) is 9.00. The van der Waals surface area contributed by atoms with E-state index in [-0.39, 0.29) is 12.5 Å². The van der Waals surface area contributed by atoms with Gasteiger partial charge >= 0.3 is 0 Å². The third-order valence-corrected chi connectivity index (χ3v) is 5.27. The lowest BCUT2D eigenvalue weighted by molar-refractivity contribution is 0.0895. The molecule has 3 aromatic rings. The Morgan fingerprint density at radius 3 is 2.93 bits per heavy atom. The van der Waals surface area contributed by atoms with Crippen LogP contribution in [0.15, 0.2) is 51.6 Å². The summed E-state index contributed by atoms with van der Waals surface area (Å²) in [6, 6.07) is 11.3. The van der Waals surface area contributed by atoms with Gasteiger partial charge in [0.2, 0.25) is 0 Å². The normalized spacial score (nSPS) is 14.6. The smallest absolute Gasteiger partial charge is 0.272 e. The van der Waals surface area contributed by atoms with Crippen LogP contribution < -0.4 is 5.32 Å². The number of nitrogens with zero attached hydrogens (tertiary/aromatic N) is 2. The van der Waals surface area contributed by atoms with Crippen molar-refractivity contribution >= 4 is 21.8 Å². The average Bonchev–Trinajstić information content (AvgIpc) is 3.34. The van der Waals surface area contributed by atoms with Gasteiger partial charge in [0.1, 0.15) is 11.9 Å². The van der Waals surface area contributed by atoms with Crippen molar-refractivity contribution in [1.29, 1.82) is 0 Å². The molecule has 1 aliphatic carbocycles. The highest BCUT2D eigenvalue weighted by Gasteiger charge is 2.26. The Balaban J connectivity index is 1.60. The van der Waals surface area contributed by atoms with E-state index < -0.39 is 6.10 Å². The molecule has 2 aromatic heterocycles. The minimum absolute atomic E-state index is 0.0743. The summed E-state index contributed by atoms with van der Waals surface area (Å²) in [6.45, 7) is 0.0743. The van der Waals surface area contributed by atoms with Crippen LogP contribution in [0.4, 0.5) is 0 Å². The van der Waals surface area contributed by atoms with Crippen LogP contribution in [0.2, 0.25) is 0 Å². The van der Waals surface area contributed by atoms with Gasteiger partial charge in [0.25, 0.3) is 5.91 Å². The number of aromatic nitrogens is 2. The summed E-state index contributed by atoms with van der Waals surface area (Å²) >= 11 is 3.49. The number of furan rings is 1. The molecule has 0 fully saturated rings. The Morgan fingerprint density at radius 1 is 1.30 bits per heavy atom. The molecule has 2 N–H and O–H groups in total. The van der Waals surface area contributed by atoms with Crippen molar-refractivity contribution in [3.63, 3.8) is 0 Å². The Bertz CT molecular complexity index is 950. The maximum atomic E-state index is 12.8. The lowest BCUT2D eigenvalue weighted by Gasteiger charge is -2.14. The third-order valence-electron chi connectivity index (χ3n) is 4.78. The van der Waals surface area contributed by atoms with Gasteiger partial charge in [0, 0.05) is 15.7 Å². The molecular formula is C20H20BrN3O3. The number of hydrogen-bond acceptors (Lipinski definition) is 4. The number of aliphatic hydroxyl groups excluding tert-OH is 1. The van der Waals surface area contributed by atoms with E-state index in [1.54, 1.807) is 12.1 Å². The van der Waals surface area contributed by atoms with Gasteiger partial charge in [-0.3, -0.25) is 4.79 Å². The Labute approximate surface area is 165 Å². The average molecular weight is 430 g/mol. The predicted octanol–water partition coefficient (Wildman–Crippen LogP) is 3.57. The maximum Gasteiger partial charge on any atom is 0.272 e. The number of nitrogens with one attached hydrogen (secondary N) is 1. The second kappa shape index (κ2) is 7.70. The number of carbonyl (C=O) groups is 1. The maximum absolute atomic E-state index is 12.8. The molecule has 2 heterocycles. The van der Waals surface area contributed by atoms with E-state index in [1.807, 2.05) is 28.9 Å². The van der Waals surface area contributed by atoms with Crippen molar-refractivity contribution in [3.05, 3.63) is 69.8 Å². The summed E-state index contributed by atoms with van der Waals surface area (Å²) in [6.07, 6.45) is 4.49. The van der Waals surface area contributed by atoms with Gasteiger partial charge in [-0.15, -0.1) is 0 Å². The van der Waals surface area contributed by atoms with E-state index >= 15 is 0 Å². The van der Waals surface area contributed by atoms with Gasteiger partial charge in [-0.25, -0.2) is 4.68 Å². The number of aliphatic hydroxyl groups is 1. The molecule has 0 aliphatic heterocycles. The second-order valence-electron chi connectivity index (χ2n) is 6.61. The molecule has 0 saturated heterocycles. The van der Waals surface area contributed by atoms with E-state index in [2.05, 4.69) is 26.3 Å². The van der Waals surface area contributed by atoms with Crippen LogP contribution in [0.1, 0.15) is 46.5 Å². The molecule has 7 heteroatoms. The molecule has 1 aromatic carbocycles. The molecule has 27 heavy (non-hydrogen) atoms. The van der Waals surface area contributed by atoms with Gasteiger partial charge in [-0.05, 0) is 56.0 Å². The number of benzene rings is 1. The minimum Gasteiger partial charge on any atom is -0.467 e. The molecule has 0 radical (unpaired) electrons. The third kappa shape index (κ3) is 3.70. The molecule has 0 spiro atoms. The van der Waals surface area contributed by atoms with Crippen molar-refractivity contribution in [1.82, 2.24) is 15.1 Å². The molecule has 0 bridgehead atoms. The number of hydrogen-bond donors (Lipinski definition) is 2. The molecular weight excluding hydrogens is 410 g/mol. The zero-order valence-corrected chi connectivity index (χ0v) is 16.3. The van der Waals surface area contributed by atoms with E-state index in [0.29, 0.717) is 11.5 Å². The topological polar surface area (TPSA) is 80.3 Å². The summed E-state index contributed by atoms with van der Waals surface area (Å²) in [5.74, 6) is 0.157. The fraction of sp³-hybridized carbons (Fsp3) is 0.300. The minimum atomic E-state index is -0.882. The summed E-state index contributed by atoms with van der Waals surface area (Å²) in [4.78, 5) is 12.8. The summed E-state index contributed by atoms with van der Waals surface area (Å²) in [5.41, 5.74) is 3.47. The summed E-state index contributed by atoms with van der Waals surface area (Å²) in [5, 5.41) is 17.5. The fourth-order valence-electron chi connectivity index (χ4n) is 3.46. The molecule has 6 nitrogen and oxygen atoms in total. The number of rotatable bonds is 5. The molecule has 0 saturated carbocycles.